The second-order valence-corrected chi connectivity index (χ2v) is 6.29. The van der Waals surface area contributed by atoms with Crippen molar-refractivity contribution in [3.05, 3.63) is 72.8 Å². The fraction of sp³-hybridized carbons (Fsp3) is 0.250. The third kappa shape index (κ3) is 3.59. The van der Waals surface area contributed by atoms with Gasteiger partial charge in [0.2, 0.25) is 0 Å². The average Bonchev–Trinajstić information content (AvgIpc) is 3.24. The van der Waals surface area contributed by atoms with Gasteiger partial charge in [-0.15, -0.1) is 0 Å². The number of likely N-dealkylation sites (tertiary alicyclic amines) is 1. The summed E-state index contributed by atoms with van der Waals surface area (Å²) in [6, 6.07) is 13.2. The molecule has 3 aromatic rings. The minimum Gasteiger partial charge on any atom is -0.490 e. The Morgan fingerprint density at radius 1 is 1.04 bits per heavy atom. The van der Waals surface area contributed by atoms with E-state index >= 15 is 0 Å². The summed E-state index contributed by atoms with van der Waals surface area (Å²) in [5.74, 6) is 0.887. The zero-order valence-corrected chi connectivity index (χ0v) is 14.4. The largest absolute Gasteiger partial charge is 0.490 e. The van der Waals surface area contributed by atoms with Crippen LogP contribution in [0.3, 0.4) is 0 Å². The lowest BCUT2D eigenvalue weighted by Crippen LogP contribution is -2.41. The Morgan fingerprint density at radius 2 is 1.85 bits per heavy atom. The predicted octanol–water partition coefficient (Wildman–Crippen LogP) is 2.95. The molecule has 0 spiro atoms. The van der Waals surface area contributed by atoms with Crippen LogP contribution in [0, 0.1) is 0 Å². The molecule has 1 aliphatic rings. The molecule has 0 atom stereocenters. The van der Waals surface area contributed by atoms with E-state index in [0.29, 0.717) is 18.7 Å². The topological polar surface area (TPSA) is 60.2 Å². The van der Waals surface area contributed by atoms with E-state index in [0.717, 1.165) is 24.3 Å². The highest BCUT2D eigenvalue weighted by Gasteiger charge is 2.25. The number of ether oxygens (including phenoxy) is 1. The van der Waals surface area contributed by atoms with E-state index in [-0.39, 0.29) is 12.0 Å². The van der Waals surface area contributed by atoms with E-state index in [4.69, 9.17) is 4.74 Å². The molecule has 26 heavy (non-hydrogen) atoms. The van der Waals surface area contributed by atoms with Crippen LogP contribution in [0.5, 0.6) is 5.75 Å². The van der Waals surface area contributed by atoms with Crippen LogP contribution in [0.15, 0.2) is 67.3 Å². The molecule has 2 aromatic heterocycles. The molecule has 132 valence electrons. The number of pyridine rings is 1. The predicted molar refractivity (Wildman–Crippen MR) is 97.4 cm³/mol. The highest BCUT2D eigenvalue weighted by Crippen LogP contribution is 2.20. The van der Waals surface area contributed by atoms with Crippen molar-refractivity contribution in [3.63, 3.8) is 0 Å². The van der Waals surface area contributed by atoms with E-state index in [1.165, 1.54) is 0 Å². The molecular weight excluding hydrogens is 328 g/mol. The van der Waals surface area contributed by atoms with Crippen molar-refractivity contribution >= 4 is 5.91 Å². The van der Waals surface area contributed by atoms with Crippen molar-refractivity contribution in [1.29, 1.82) is 0 Å². The molecule has 4 rings (SSSR count). The van der Waals surface area contributed by atoms with Crippen molar-refractivity contribution in [3.8, 4) is 11.4 Å². The van der Waals surface area contributed by atoms with Gasteiger partial charge in [0.25, 0.3) is 5.91 Å². The van der Waals surface area contributed by atoms with Gasteiger partial charge in [-0.3, -0.25) is 9.78 Å². The fourth-order valence-corrected chi connectivity index (χ4v) is 3.17. The fourth-order valence-electron chi connectivity index (χ4n) is 3.17. The summed E-state index contributed by atoms with van der Waals surface area (Å²) in [6.45, 7) is 1.39. The van der Waals surface area contributed by atoms with Crippen molar-refractivity contribution in [2.75, 3.05) is 13.1 Å². The van der Waals surface area contributed by atoms with E-state index in [9.17, 15) is 4.79 Å². The Kier molecular flexibility index (Phi) is 4.64. The molecule has 1 fully saturated rings. The second kappa shape index (κ2) is 7.39. The van der Waals surface area contributed by atoms with Gasteiger partial charge in [0, 0.05) is 56.3 Å². The minimum atomic E-state index is 0.0568. The Morgan fingerprint density at radius 3 is 2.58 bits per heavy atom. The van der Waals surface area contributed by atoms with Gasteiger partial charge in [0.1, 0.15) is 11.9 Å². The lowest BCUT2D eigenvalue weighted by molar-refractivity contribution is 0.0595. The van der Waals surface area contributed by atoms with Gasteiger partial charge >= 0.3 is 0 Å². The highest BCUT2D eigenvalue weighted by atomic mass is 16.5. The number of amides is 1. The molecule has 1 aliphatic heterocycles. The van der Waals surface area contributed by atoms with Crippen molar-refractivity contribution < 1.29 is 9.53 Å². The number of hydrogen-bond donors (Lipinski definition) is 0. The van der Waals surface area contributed by atoms with Gasteiger partial charge in [-0.05, 0) is 36.4 Å². The number of carbonyl (C=O) groups is 1. The van der Waals surface area contributed by atoms with Crippen LogP contribution in [0.2, 0.25) is 0 Å². The van der Waals surface area contributed by atoms with Gasteiger partial charge in [0.05, 0.1) is 5.69 Å². The minimum absolute atomic E-state index is 0.0568. The van der Waals surface area contributed by atoms with Crippen LogP contribution in [0.4, 0.5) is 0 Å². The quantitative estimate of drug-likeness (QED) is 0.727. The van der Waals surface area contributed by atoms with Crippen LogP contribution in [-0.4, -0.2) is 44.8 Å². The Hall–Kier alpha value is -3.15. The zero-order valence-electron chi connectivity index (χ0n) is 14.4. The summed E-state index contributed by atoms with van der Waals surface area (Å²) in [4.78, 5) is 18.7. The Labute approximate surface area is 152 Å². The van der Waals surface area contributed by atoms with Crippen molar-refractivity contribution in [2.45, 2.75) is 18.9 Å². The number of piperidine rings is 1. The Bertz CT molecular complexity index is 857. The molecular formula is C20H20N4O2. The maximum atomic E-state index is 12.8. The van der Waals surface area contributed by atoms with E-state index in [2.05, 4.69) is 10.1 Å². The smallest absolute Gasteiger partial charge is 0.253 e. The molecule has 0 aliphatic carbocycles. The molecule has 1 amide bonds. The first-order valence-corrected chi connectivity index (χ1v) is 8.75. The van der Waals surface area contributed by atoms with E-state index in [1.807, 2.05) is 53.6 Å². The first kappa shape index (κ1) is 16.3. The molecule has 3 heterocycles. The first-order valence-electron chi connectivity index (χ1n) is 8.75. The lowest BCUT2D eigenvalue weighted by Gasteiger charge is -2.32. The van der Waals surface area contributed by atoms with Crippen LogP contribution in [-0.2, 0) is 0 Å². The van der Waals surface area contributed by atoms with Crippen LogP contribution < -0.4 is 4.74 Å². The molecule has 0 bridgehead atoms. The summed E-state index contributed by atoms with van der Waals surface area (Å²) >= 11 is 0. The molecule has 6 heteroatoms. The summed E-state index contributed by atoms with van der Waals surface area (Å²) in [6.07, 6.45) is 8.83. The van der Waals surface area contributed by atoms with Gasteiger partial charge in [0.15, 0.2) is 0 Å². The maximum Gasteiger partial charge on any atom is 0.253 e. The molecule has 6 nitrogen and oxygen atoms in total. The standard InChI is InChI=1S/C20H20N4O2/c25-20(16-3-1-4-17(15-16)24-12-2-9-22-24)23-13-7-19(8-14-23)26-18-5-10-21-11-6-18/h1-6,9-12,15,19H,7-8,13-14H2. The van der Waals surface area contributed by atoms with Crippen LogP contribution in [0.25, 0.3) is 5.69 Å². The monoisotopic (exact) mass is 348 g/mol. The highest BCUT2D eigenvalue weighted by molar-refractivity contribution is 5.94. The number of benzene rings is 1. The van der Waals surface area contributed by atoms with Gasteiger partial charge < -0.3 is 9.64 Å². The number of carbonyl (C=O) groups excluding carboxylic acids is 1. The van der Waals surface area contributed by atoms with Crippen LogP contribution in [0.1, 0.15) is 23.2 Å². The summed E-state index contributed by atoms with van der Waals surface area (Å²) < 4.78 is 7.72. The Balaban J connectivity index is 1.39. The second-order valence-electron chi connectivity index (χ2n) is 6.29. The normalized spacial score (nSPS) is 15.0. The molecule has 1 aromatic carbocycles. The van der Waals surface area contributed by atoms with Crippen LogP contribution >= 0.6 is 0 Å². The summed E-state index contributed by atoms with van der Waals surface area (Å²) in [5, 5.41) is 4.22. The molecule has 0 saturated carbocycles. The third-order valence-corrected chi connectivity index (χ3v) is 4.54. The molecule has 0 radical (unpaired) electrons. The molecule has 0 unspecified atom stereocenters. The summed E-state index contributed by atoms with van der Waals surface area (Å²) in [5.41, 5.74) is 1.57. The zero-order chi connectivity index (χ0) is 17.8. The number of rotatable bonds is 4. The number of nitrogens with zero attached hydrogens (tertiary/aromatic N) is 4. The lowest BCUT2D eigenvalue weighted by atomic mass is 10.1. The van der Waals surface area contributed by atoms with Gasteiger partial charge in [-0.25, -0.2) is 4.68 Å². The van der Waals surface area contributed by atoms with Gasteiger partial charge in [-0.2, -0.15) is 5.10 Å². The van der Waals surface area contributed by atoms with Gasteiger partial charge in [-0.1, -0.05) is 6.07 Å². The SMILES string of the molecule is O=C(c1cccc(-n2cccn2)c1)N1CCC(Oc2ccncc2)CC1. The number of hydrogen-bond acceptors (Lipinski definition) is 4. The average molecular weight is 348 g/mol. The molecule has 0 N–H and O–H groups in total. The summed E-state index contributed by atoms with van der Waals surface area (Å²) in [7, 11) is 0. The first-order chi connectivity index (χ1) is 12.8. The molecule has 1 saturated heterocycles. The van der Waals surface area contributed by atoms with E-state index < -0.39 is 0 Å². The van der Waals surface area contributed by atoms with Crippen molar-refractivity contribution in [1.82, 2.24) is 19.7 Å². The van der Waals surface area contributed by atoms with Crippen molar-refractivity contribution in [2.24, 2.45) is 0 Å². The third-order valence-electron chi connectivity index (χ3n) is 4.54. The maximum absolute atomic E-state index is 12.8. The van der Waals surface area contributed by atoms with E-state index in [1.54, 1.807) is 23.3 Å². The number of aromatic nitrogens is 3.